The Labute approximate surface area is 104 Å². The zero-order valence-electron chi connectivity index (χ0n) is 10.9. The lowest BCUT2D eigenvalue weighted by Crippen LogP contribution is -2.25. The maximum absolute atomic E-state index is 13.1. The molecule has 0 saturated carbocycles. The number of ether oxygens (including phenoxy) is 1. The van der Waals surface area contributed by atoms with Crippen LogP contribution < -0.4 is 0 Å². The Balaban J connectivity index is 2.03. The van der Waals surface area contributed by atoms with Crippen molar-refractivity contribution in [3.63, 3.8) is 0 Å². The van der Waals surface area contributed by atoms with E-state index >= 15 is 0 Å². The molecule has 2 aliphatic rings. The lowest BCUT2D eigenvalue weighted by atomic mass is 9.78. The molecule has 2 heteroatoms. The van der Waals surface area contributed by atoms with Gasteiger partial charge in [-0.25, -0.2) is 4.39 Å². The van der Waals surface area contributed by atoms with Crippen molar-refractivity contribution in [2.24, 2.45) is 5.92 Å². The van der Waals surface area contributed by atoms with Crippen molar-refractivity contribution in [2.45, 2.75) is 57.7 Å². The van der Waals surface area contributed by atoms with Crippen molar-refractivity contribution in [2.75, 3.05) is 7.11 Å². The summed E-state index contributed by atoms with van der Waals surface area (Å²) in [6, 6.07) is 0. The normalized spacial score (nSPS) is 34.2. The van der Waals surface area contributed by atoms with E-state index in [1.54, 1.807) is 7.11 Å². The molecular formula is C15H23FO. The Bertz CT molecular complexity index is 319. The van der Waals surface area contributed by atoms with Crippen molar-refractivity contribution in [3.05, 3.63) is 23.3 Å². The topological polar surface area (TPSA) is 9.23 Å². The van der Waals surface area contributed by atoms with E-state index in [0.717, 1.165) is 25.7 Å². The predicted molar refractivity (Wildman–Crippen MR) is 68.7 cm³/mol. The lowest BCUT2D eigenvalue weighted by Gasteiger charge is -2.32. The van der Waals surface area contributed by atoms with Gasteiger partial charge >= 0.3 is 0 Å². The van der Waals surface area contributed by atoms with Gasteiger partial charge in [-0.15, -0.1) is 0 Å². The number of rotatable bonds is 3. The summed E-state index contributed by atoms with van der Waals surface area (Å²) >= 11 is 0. The van der Waals surface area contributed by atoms with Gasteiger partial charge in [-0.3, -0.25) is 0 Å². The fourth-order valence-electron chi connectivity index (χ4n) is 3.05. The van der Waals surface area contributed by atoms with E-state index in [4.69, 9.17) is 4.74 Å². The van der Waals surface area contributed by atoms with E-state index in [0.29, 0.717) is 18.8 Å². The first-order chi connectivity index (χ1) is 8.24. The molecule has 0 heterocycles. The molecule has 3 atom stereocenters. The Hall–Kier alpha value is -0.630. The van der Waals surface area contributed by atoms with Crippen LogP contribution in [0.25, 0.3) is 0 Å². The molecule has 0 aliphatic heterocycles. The van der Waals surface area contributed by atoms with Gasteiger partial charge in [-0.05, 0) is 50.0 Å². The SMILES string of the molecule is CCC1=CCC(C2=CCC(F)CC2)C[C@@H]1OC. The van der Waals surface area contributed by atoms with Gasteiger partial charge in [-0.2, -0.15) is 0 Å². The number of methoxy groups -OCH3 is 1. The van der Waals surface area contributed by atoms with Crippen molar-refractivity contribution >= 4 is 0 Å². The van der Waals surface area contributed by atoms with E-state index in [9.17, 15) is 4.39 Å². The molecule has 0 radical (unpaired) electrons. The lowest BCUT2D eigenvalue weighted by molar-refractivity contribution is 0.103. The van der Waals surface area contributed by atoms with Gasteiger partial charge in [0, 0.05) is 7.11 Å². The zero-order valence-corrected chi connectivity index (χ0v) is 10.9. The number of alkyl halides is 1. The van der Waals surface area contributed by atoms with Gasteiger partial charge in [0.1, 0.15) is 6.17 Å². The van der Waals surface area contributed by atoms with E-state index in [1.165, 1.54) is 11.1 Å². The highest BCUT2D eigenvalue weighted by molar-refractivity contribution is 5.20. The zero-order chi connectivity index (χ0) is 12.3. The number of hydrogen-bond donors (Lipinski definition) is 0. The van der Waals surface area contributed by atoms with E-state index in [2.05, 4.69) is 19.1 Å². The number of hydrogen-bond acceptors (Lipinski definition) is 1. The maximum Gasteiger partial charge on any atom is 0.104 e. The van der Waals surface area contributed by atoms with E-state index in [1.807, 2.05) is 0 Å². The quantitative estimate of drug-likeness (QED) is 0.670. The van der Waals surface area contributed by atoms with E-state index in [-0.39, 0.29) is 6.10 Å². The van der Waals surface area contributed by atoms with Crippen LogP contribution in [0.1, 0.15) is 45.4 Å². The third-order valence-corrected chi connectivity index (χ3v) is 4.18. The van der Waals surface area contributed by atoms with Crippen molar-refractivity contribution in [3.8, 4) is 0 Å². The Morgan fingerprint density at radius 3 is 2.76 bits per heavy atom. The monoisotopic (exact) mass is 238 g/mol. The van der Waals surface area contributed by atoms with Crippen LogP contribution in [0, 0.1) is 5.92 Å². The van der Waals surface area contributed by atoms with Gasteiger partial charge in [0.15, 0.2) is 0 Å². The molecule has 0 saturated heterocycles. The molecule has 0 spiro atoms. The molecule has 0 N–H and O–H groups in total. The van der Waals surface area contributed by atoms with Crippen LogP contribution in [0.5, 0.6) is 0 Å². The van der Waals surface area contributed by atoms with Crippen LogP contribution in [0.3, 0.4) is 0 Å². The summed E-state index contributed by atoms with van der Waals surface area (Å²) in [5.74, 6) is 0.586. The third-order valence-electron chi connectivity index (χ3n) is 4.18. The Morgan fingerprint density at radius 1 is 1.35 bits per heavy atom. The number of halogens is 1. The summed E-state index contributed by atoms with van der Waals surface area (Å²) in [5.41, 5.74) is 2.90. The molecule has 0 aromatic carbocycles. The molecule has 0 aromatic heterocycles. The first kappa shape index (κ1) is 12.8. The molecular weight excluding hydrogens is 215 g/mol. The highest BCUT2D eigenvalue weighted by Gasteiger charge is 2.27. The molecule has 2 unspecified atom stereocenters. The smallest absolute Gasteiger partial charge is 0.104 e. The van der Waals surface area contributed by atoms with Gasteiger partial charge in [0.2, 0.25) is 0 Å². The van der Waals surface area contributed by atoms with E-state index < -0.39 is 6.17 Å². The first-order valence-corrected chi connectivity index (χ1v) is 6.79. The summed E-state index contributed by atoms with van der Waals surface area (Å²) in [6.45, 7) is 2.19. The van der Waals surface area contributed by atoms with Crippen molar-refractivity contribution in [1.82, 2.24) is 0 Å². The second-order valence-corrected chi connectivity index (χ2v) is 5.18. The average molecular weight is 238 g/mol. The van der Waals surface area contributed by atoms with Crippen LogP contribution in [-0.4, -0.2) is 19.4 Å². The van der Waals surface area contributed by atoms with Gasteiger partial charge in [0.05, 0.1) is 6.10 Å². The molecule has 2 rings (SSSR count). The van der Waals surface area contributed by atoms with Crippen LogP contribution >= 0.6 is 0 Å². The highest BCUT2D eigenvalue weighted by atomic mass is 19.1. The minimum absolute atomic E-state index is 0.280. The Morgan fingerprint density at radius 2 is 2.18 bits per heavy atom. The minimum atomic E-state index is -0.609. The summed E-state index contributed by atoms with van der Waals surface area (Å²) in [6.07, 6.45) is 9.70. The van der Waals surface area contributed by atoms with Gasteiger partial charge in [-0.1, -0.05) is 24.6 Å². The van der Waals surface area contributed by atoms with Crippen molar-refractivity contribution < 1.29 is 9.13 Å². The summed E-state index contributed by atoms with van der Waals surface area (Å²) in [7, 11) is 1.80. The van der Waals surface area contributed by atoms with Crippen molar-refractivity contribution in [1.29, 1.82) is 0 Å². The molecule has 17 heavy (non-hydrogen) atoms. The standard InChI is InChI=1S/C15H23FO/c1-3-11-4-5-13(10-15(11)17-2)12-6-8-14(16)9-7-12/h4,6,13-15H,3,5,7-10H2,1-2H3/t13?,14?,15-/m0/s1. The van der Waals surface area contributed by atoms with Gasteiger partial charge in [0.25, 0.3) is 0 Å². The van der Waals surface area contributed by atoms with Crippen LogP contribution in [0.2, 0.25) is 0 Å². The van der Waals surface area contributed by atoms with Gasteiger partial charge < -0.3 is 4.74 Å². The van der Waals surface area contributed by atoms with Crippen LogP contribution in [0.4, 0.5) is 4.39 Å². The minimum Gasteiger partial charge on any atom is -0.377 e. The molecule has 2 aliphatic carbocycles. The molecule has 96 valence electrons. The molecule has 1 nitrogen and oxygen atoms in total. The highest BCUT2D eigenvalue weighted by Crippen LogP contribution is 2.36. The largest absolute Gasteiger partial charge is 0.377 e. The van der Waals surface area contributed by atoms with Crippen LogP contribution in [-0.2, 0) is 4.74 Å². The summed E-state index contributed by atoms with van der Waals surface area (Å²) in [5, 5.41) is 0. The molecule has 0 fully saturated rings. The average Bonchev–Trinajstić information content (AvgIpc) is 2.39. The molecule has 0 amide bonds. The molecule has 0 aromatic rings. The summed E-state index contributed by atoms with van der Waals surface area (Å²) < 4.78 is 18.7. The maximum atomic E-state index is 13.1. The first-order valence-electron chi connectivity index (χ1n) is 6.79. The summed E-state index contributed by atoms with van der Waals surface area (Å²) in [4.78, 5) is 0. The fraction of sp³-hybridized carbons (Fsp3) is 0.733. The second-order valence-electron chi connectivity index (χ2n) is 5.18. The fourth-order valence-corrected chi connectivity index (χ4v) is 3.05. The predicted octanol–water partition coefficient (Wildman–Crippen LogP) is 4.20. The third kappa shape index (κ3) is 2.98. The van der Waals surface area contributed by atoms with Crippen LogP contribution in [0.15, 0.2) is 23.3 Å². The number of allylic oxidation sites excluding steroid dienone is 3. The second kappa shape index (κ2) is 5.81. The molecule has 0 bridgehead atoms. The Kier molecular flexibility index (Phi) is 4.38.